The standard InChI is InChI=1S/C58H39N3/c1-4-13-47(14-5-1)57-60-54(39-55(61-57)46-33-27-42(28-34-46)43-35-37-59-38-36-43)45-31-25-41(26-32-45)40-23-29-44(30-24-40)50-20-12-22-53-56(50)51-19-10-11-21-52(51)58(53,48-15-6-2-7-16-48)49-17-8-3-9-18-49/h1-39H. The van der Waals surface area contributed by atoms with Crippen molar-refractivity contribution in [3.8, 4) is 78.4 Å². The third kappa shape index (κ3) is 6.35. The van der Waals surface area contributed by atoms with E-state index in [9.17, 15) is 0 Å². The van der Waals surface area contributed by atoms with Gasteiger partial charge in [-0.25, -0.2) is 9.97 Å². The second-order valence-corrected chi connectivity index (χ2v) is 15.6. The van der Waals surface area contributed by atoms with E-state index in [1.807, 2.05) is 42.7 Å². The van der Waals surface area contributed by atoms with Crippen LogP contribution in [0, 0.1) is 0 Å². The Balaban J connectivity index is 0.939. The number of fused-ring (bicyclic) bond motifs is 3. The fourth-order valence-electron chi connectivity index (χ4n) is 9.25. The third-order valence-corrected chi connectivity index (χ3v) is 12.1. The molecule has 2 aromatic heterocycles. The molecule has 0 aliphatic heterocycles. The second kappa shape index (κ2) is 15.3. The summed E-state index contributed by atoms with van der Waals surface area (Å²) in [5.74, 6) is 0.700. The molecule has 0 unspecified atom stereocenters. The number of rotatable bonds is 8. The Morgan fingerprint density at radius 3 is 1.28 bits per heavy atom. The minimum atomic E-state index is -0.427. The molecule has 8 aromatic carbocycles. The minimum Gasteiger partial charge on any atom is -0.265 e. The highest BCUT2D eigenvalue weighted by Gasteiger charge is 2.46. The van der Waals surface area contributed by atoms with Crippen LogP contribution in [0.2, 0.25) is 0 Å². The monoisotopic (exact) mass is 777 g/mol. The Labute approximate surface area is 356 Å². The molecule has 286 valence electrons. The van der Waals surface area contributed by atoms with E-state index in [1.165, 1.54) is 44.5 Å². The molecular weight excluding hydrogens is 739 g/mol. The van der Waals surface area contributed by atoms with Crippen molar-refractivity contribution in [2.24, 2.45) is 0 Å². The van der Waals surface area contributed by atoms with E-state index in [4.69, 9.17) is 9.97 Å². The van der Waals surface area contributed by atoms with Crippen LogP contribution in [0.1, 0.15) is 22.3 Å². The summed E-state index contributed by atoms with van der Waals surface area (Å²) in [5, 5.41) is 0. The van der Waals surface area contributed by atoms with E-state index in [0.29, 0.717) is 5.82 Å². The van der Waals surface area contributed by atoms with Gasteiger partial charge in [0.1, 0.15) is 0 Å². The fraction of sp³-hybridized carbons (Fsp3) is 0.0172. The van der Waals surface area contributed by atoms with Gasteiger partial charge in [0, 0.05) is 29.1 Å². The van der Waals surface area contributed by atoms with Crippen molar-refractivity contribution >= 4 is 0 Å². The van der Waals surface area contributed by atoms with Gasteiger partial charge in [-0.3, -0.25) is 4.98 Å². The normalized spacial score (nSPS) is 12.4. The highest BCUT2D eigenvalue weighted by atomic mass is 14.9. The molecular formula is C58H39N3. The summed E-state index contributed by atoms with van der Waals surface area (Å²) in [7, 11) is 0. The van der Waals surface area contributed by atoms with E-state index < -0.39 is 5.41 Å². The first-order chi connectivity index (χ1) is 30.2. The summed E-state index contributed by atoms with van der Waals surface area (Å²) in [6.45, 7) is 0. The van der Waals surface area contributed by atoms with E-state index in [2.05, 4.69) is 199 Å². The first-order valence-electron chi connectivity index (χ1n) is 20.7. The number of pyridine rings is 1. The molecule has 0 saturated heterocycles. The van der Waals surface area contributed by atoms with Crippen LogP contribution < -0.4 is 0 Å². The second-order valence-electron chi connectivity index (χ2n) is 15.6. The molecule has 0 N–H and O–H groups in total. The van der Waals surface area contributed by atoms with E-state index in [1.54, 1.807) is 0 Å². The van der Waals surface area contributed by atoms with Gasteiger partial charge in [-0.15, -0.1) is 0 Å². The molecule has 0 fully saturated rings. The lowest BCUT2D eigenvalue weighted by Crippen LogP contribution is -2.28. The topological polar surface area (TPSA) is 38.7 Å². The first kappa shape index (κ1) is 36.1. The first-order valence-corrected chi connectivity index (χ1v) is 20.7. The Hall–Kier alpha value is -8.01. The summed E-state index contributed by atoms with van der Waals surface area (Å²) >= 11 is 0. The SMILES string of the molecule is c1ccc(-c2nc(-c3ccc(-c4ccncc4)cc3)cc(-c3ccc(-c4ccc(-c5cccc6c5-c5ccccc5C6(c5ccccc5)c5ccccc5)cc4)cc3)n2)cc1. The van der Waals surface area contributed by atoms with Crippen LogP contribution in [-0.2, 0) is 5.41 Å². The van der Waals surface area contributed by atoms with Gasteiger partial charge in [0.05, 0.1) is 16.8 Å². The van der Waals surface area contributed by atoms with Gasteiger partial charge >= 0.3 is 0 Å². The van der Waals surface area contributed by atoms with Crippen molar-refractivity contribution in [3.63, 3.8) is 0 Å². The smallest absolute Gasteiger partial charge is 0.160 e. The molecule has 0 radical (unpaired) electrons. The number of aromatic nitrogens is 3. The summed E-state index contributed by atoms with van der Waals surface area (Å²) in [6, 6.07) is 80.4. The Morgan fingerprint density at radius 2 is 0.721 bits per heavy atom. The van der Waals surface area contributed by atoms with Gasteiger partial charge in [0.25, 0.3) is 0 Å². The quantitative estimate of drug-likeness (QED) is 0.154. The van der Waals surface area contributed by atoms with Crippen LogP contribution in [0.5, 0.6) is 0 Å². The minimum absolute atomic E-state index is 0.427. The predicted octanol–water partition coefficient (Wildman–Crippen LogP) is 14.2. The molecule has 11 rings (SSSR count). The van der Waals surface area contributed by atoms with Gasteiger partial charge in [0.15, 0.2) is 5.82 Å². The van der Waals surface area contributed by atoms with Crippen LogP contribution in [-0.4, -0.2) is 15.0 Å². The molecule has 3 nitrogen and oxygen atoms in total. The molecule has 1 aliphatic carbocycles. The largest absolute Gasteiger partial charge is 0.265 e. The van der Waals surface area contributed by atoms with Crippen LogP contribution >= 0.6 is 0 Å². The molecule has 61 heavy (non-hydrogen) atoms. The zero-order valence-electron chi connectivity index (χ0n) is 33.4. The third-order valence-electron chi connectivity index (χ3n) is 12.1. The van der Waals surface area contributed by atoms with E-state index in [0.717, 1.165) is 50.3 Å². The lowest BCUT2D eigenvalue weighted by atomic mass is 9.67. The van der Waals surface area contributed by atoms with Gasteiger partial charge in [-0.2, -0.15) is 0 Å². The molecule has 2 heterocycles. The number of benzene rings is 8. The van der Waals surface area contributed by atoms with Gasteiger partial charge in [-0.05, 0) is 85.0 Å². The zero-order chi connectivity index (χ0) is 40.6. The molecule has 3 heteroatoms. The van der Waals surface area contributed by atoms with Crippen LogP contribution in [0.25, 0.3) is 78.4 Å². The average molecular weight is 778 g/mol. The lowest BCUT2D eigenvalue weighted by Gasteiger charge is -2.34. The van der Waals surface area contributed by atoms with Crippen molar-refractivity contribution in [2.45, 2.75) is 5.41 Å². The maximum atomic E-state index is 5.09. The Kier molecular flexibility index (Phi) is 9.05. The van der Waals surface area contributed by atoms with Crippen LogP contribution in [0.4, 0.5) is 0 Å². The summed E-state index contributed by atoms with van der Waals surface area (Å²) in [4.78, 5) is 14.3. The zero-order valence-corrected chi connectivity index (χ0v) is 33.4. The van der Waals surface area contributed by atoms with Crippen molar-refractivity contribution in [1.82, 2.24) is 15.0 Å². The van der Waals surface area contributed by atoms with E-state index in [-0.39, 0.29) is 0 Å². The molecule has 0 amide bonds. The van der Waals surface area contributed by atoms with Crippen molar-refractivity contribution < 1.29 is 0 Å². The number of hydrogen-bond donors (Lipinski definition) is 0. The van der Waals surface area contributed by atoms with Crippen molar-refractivity contribution in [3.05, 3.63) is 259 Å². The van der Waals surface area contributed by atoms with Crippen molar-refractivity contribution in [2.75, 3.05) is 0 Å². The molecule has 10 aromatic rings. The van der Waals surface area contributed by atoms with Crippen LogP contribution in [0.3, 0.4) is 0 Å². The molecule has 0 bridgehead atoms. The predicted molar refractivity (Wildman–Crippen MR) is 250 cm³/mol. The fourth-order valence-corrected chi connectivity index (χ4v) is 9.25. The Bertz CT molecular complexity index is 3090. The molecule has 0 atom stereocenters. The van der Waals surface area contributed by atoms with Crippen molar-refractivity contribution in [1.29, 1.82) is 0 Å². The summed E-state index contributed by atoms with van der Waals surface area (Å²) < 4.78 is 0. The summed E-state index contributed by atoms with van der Waals surface area (Å²) in [6.07, 6.45) is 3.64. The van der Waals surface area contributed by atoms with Gasteiger partial charge in [-0.1, -0.05) is 206 Å². The Morgan fingerprint density at radius 1 is 0.295 bits per heavy atom. The van der Waals surface area contributed by atoms with Gasteiger partial charge < -0.3 is 0 Å². The number of nitrogens with zero attached hydrogens (tertiary/aromatic N) is 3. The highest BCUT2D eigenvalue weighted by Crippen LogP contribution is 2.58. The lowest BCUT2D eigenvalue weighted by molar-refractivity contribution is 0.768. The maximum Gasteiger partial charge on any atom is 0.160 e. The molecule has 1 aliphatic rings. The summed E-state index contributed by atoms with van der Waals surface area (Å²) in [5.41, 5.74) is 19.1. The number of hydrogen-bond acceptors (Lipinski definition) is 3. The van der Waals surface area contributed by atoms with Gasteiger partial charge in [0.2, 0.25) is 0 Å². The van der Waals surface area contributed by atoms with E-state index >= 15 is 0 Å². The van der Waals surface area contributed by atoms with Crippen LogP contribution in [0.15, 0.2) is 237 Å². The average Bonchev–Trinajstić information content (AvgIpc) is 3.66. The highest BCUT2D eigenvalue weighted by molar-refractivity contribution is 5.95. The molecule has 0 saturated carbocycles. The maximum absolute atomic E-state index is 5.09. The molecule has 0 spiro atoms.